The van der Waals surface area contributed by atoms with Crippen LogP contribution in [0.25, 0.3) is 10.9 Å². The van der Waals surface area contributed by atoms with Crippen LogP contribution in [0.2, 0.25) is 0 Å². The molecule has 3 N–H and O–H groups in total. The predicted octanol–water partition coefficient (Wildman–Crippen LogP) is -0.194. The Bertz CT molecular complexity index is 818. The van der Waals surface area contributed by atoms with Crippen molar-refractivity contribution in [3.8, 4) is 0 Å². The van der Waals surface area contributed by atoms with Crippen LogP contribution in [0.15, 0.2) is 33.9 Å². The highest BCUT2D eigenvalue weighted by Gasteiger charge is 2.15. The lowest BCUT2D eigenvalue weighted by Crippen LogP contribution is -2.34. The number of hydrogen-bond donors (Lipinski definition) is 3. The molecule has 0 spiro atoms. The van der Waals surface area contributed by atoms with Gasteiger partial charge in [0.15, 0.2) is 0 Å². The average Bonchev–Trinajstić information content (AvgIpc) is 3.06. The molecule has 0 bridgehead atoms. The Morgan fingerprint density at radius 1 is 1.30 bits per heavy atom. The smallest absolute Gasteiger partial charge is 0.328 e. The van der Waals surface area contributed by atoms with Crippen molar-refractivity contribution < 1.29 is 4.79 Å². The minimum Gasteiger partial charge on any atom is -0.356 e. The van der Waals surface area contributed by atoms with E-state index in [4.69, 9.17) is 0 Å². The van der Waals surface area contributed by atoms with E-state index in [0.717, 1.165) is 19.5 Å². The summed E-state index contributed by atoms with van der Waals surface area (Å²) in [6.07, 6.45) is 1.28. The van der Waals surface area contributed by atoms with E-state index in [9.17, 15) is 14.4 Å². The van der Waals surface area contributed by atoms with E-state index in [-0.39, 0.29) is 18.9 Å². The molecule has 23 heavy (non-hydrogen) atoms. The van der Waals surface area contributed by atoms with E-state index in [1.807, 2.05) is 0 Å². The maximum absolute atomic E-state index is 12.0. The van der Waals surface area contributed by atoms with Crippen LogP contribution in [0.3, 0.4) is 0 Å². The fourth-order valence-corrected chi connectivity index (χ4v) is 2.91. The number of aryl methyl sites for hydroxylation is 1. The van der Waals surface area contributed by atoms with Gasteiger partial charge in [-0.15, -0.1) is 0 Å². The first-order valence-corrected chi connectivity index (χ1v) is 7.84. The molecular formula is C16H20N4O3. The third-order valence-corrected chi connectivity index (χ3v) is 4.22. The van der Waals surface area contributed by atoms with Crippen molar-refractivity contribution in [3.63, 3.8) is 0 Å². The van der Waals surface area contributed by atoms with Crippen LogP contribution in [-0.4, -0.2) is 35.1 Å². The highest BCUT2D eigenvalue weighted by atomic mass is 16.2. The maximum Gasteiger partial charge on any atom is 0.328 e. The summed E-state index contributed by atoms with van der Waals surface area (Å²) in [6.45, 7) is 2.83. The highest BCUT2D eigenvalue weighted by Crippen LogP contribution is 2.08. The predicted molar refractivity (Wildman–Crippen MR) is 87.4 cm³/mol. The van der Waals surface area contributed by atoms with E-state index >= 15 is 0 Å². The topological polar surface area (TPSA) is 96.0 Å². The van der Waals surface area contributed by atoms with Gasteiger partial charge in [-0.1, -0.05) is 12.1 Å². The highest BCUT2D eigenvalue weighted by molar-refractivity contribution is 5.78. The largest absolute Gasteiger partial charge is 0.356 e. The molecule has 1 unspecified atom stereocenters. The van der Waals surface area contributed by atoms with E-state index in [0.29, 0.717) is 23.4 Å². The van der Waals surface area contributed by atoms with Crippen LogP contribution < -0.4 is 21.9 Å². The molecule has 0 radical (unpaired) electrons. The summed E-state index contributed by atoms with van der Waals surface area (Å²) in [7, 11) is 0. The lowest BCUT2D eigenvalue weighted by molar-refractivity contribution is -0.121. The standard InChI is InChI=1S/C16H20N4O3/c21-14(18-10-11-5-7-17-9-11)6-8-20-13-4-2-1-3-12(13)15(22)19-16(20)23/h1-4,11,17H,5-10H2,(H,18,21)(H,19,22,23). The second kappa shape index (κ2) is 6.78. The van der Waals surface area contributed by atoms with E-state index in [1.54, 1.807) is 24.3 Å². The van der Waals surface area contributed by atoms with Gasteiger partial charge in [-0.05, 0) is 37.6 Å². The van der Waals surface area contributed by atoms with Gasteiger partial charge in [-0.25, -0.2) is 4.79 Å². The van der Waals surface area contributed by atoms with Crippen molar-refractivity contribution in [2.45, 2.75) is 19.4 Å². The Kier molecular flexibility index (Phi) is 4.57. The van der Waals surface area contributed by atoms with E-state index in [1.165, 1.54) is 4.57 Å². The normalized spacial score (nSPS) is 17.5. The third-order valence-electron chi connectivity index (χ3n) is 4.22. The van der Waals surface area contributed by atoms with Gasteiger partial charge in [0, 0.05) is 19.5 Å². The number of fused-ring (bicyclic) bond motifs is 1. The molecule has 7 nitrogen and oxygen atoms in total. The second-order valence-corrected chi connectivity index (χ2v) is 5.84. The lowest BCUT2D eigenvalue weighted by atomic mass is 10.1. The Morgan fingerprint density at radius 2 is 2.13 bits per heavy atom. The fourth-order valence-electron chi connectivity index (χ4n) is 2.91. The number of aromatic amines is 1. The number of para-hydroxylation sites is 1. The number of nitrogens with zero attached hydrogens (tertiary/aromatic N) is 1. The lowest BCUT2D eigenvalue weighted by Gasteiger charge is -2.11. The Hall–Kier alpha value is -2.41. The Morgan fingerprint density at radius 3 is 2.91 bits per heavy atom. The molecule has 1 aromatic carbocycles. The molecule has 1 amide bonds. The molecule has 1 aliphatic heterocycles. The van der Waals surface area contributed by atoms with Crippen LogP contribution in [0.1, 0.15) is 12.8 Å². The van der Waals surface area contributed by atoms with Gasteiger partial charge in [0.25, 0.3) is 5.56 Å². The SMILES string of the molecule is O=C(CCn1c(=O)[nH]c(=O)c2ccccc21)NCC1CCNC1. The number of carbonyl (C=O) groups excluding carboxylic acids is 1. The van der Waals surface area contributed by atoms with Gasteiger partial charge in [0.1, 0.15) is 0 Å². The molecule has 7 heteroatoms. The first-order chi connectivity index (χ1) is 11.1. The summed E-state index contributed by atoms with van der Waals surface area (Å²) >= 11 is 0. The number of nitrogens with one attached hydrogen (secondary N) is 3. The van der Waals surface area contributed by atoms with Gasteiger partial charge in [0.05, 0.1) is 10.9 Å². The van der Waals surface area contributed by atoms with Crippen molar-refractivity contribution >= 4 is 16.8 Å². The van der Waals surface area contributed by atoms with Crippen molar-refractivity contribution in [2.75, 3.05) is 19.6 Å². The number of hydrogen-bond acceptors (Lipinski definition) is 4. The van der Waals surface area contributed by atoms with Crippen LogP contribution in [0, 0.1) is 5.92 Å². The number of carbonyl (C=O) groups is 1. The summed E-state index contributed by atoms with van der Waals surface area (Å²) in [6, 6.07) is 6.89. The van der Waals surface area contributed by atoms with Gasteiger partial charge >= 0.3 is 5.69 Å². The first-order valence-electron chi connectivity index (χ1n) is 7.84. The zero-order valence-electron chi connectivity index (χ0n) is 12.8. The van der Waals surface area contributed by atoms with Gasteiger partial charge < -0.3 is 10.6 Å². The third kappa shape index (κ3) is 3.50. The number of benzene rings is 1. The van der Waals surface area contributed by atoms with Crippen molar-refractivity contribution in [1.82, 2.24) is 20.2 Å². The summed E-state index contributed by atoms with van der Waals surface area (Å²) in [5.41, 5.74) is -0.337. The molecule has 1 aliphatic rings. The quantitative estimate of drug-likeness (QED) is 0.712. The van der Waals surface area contributed by atoms with Crippen LogP contribution >= 0.6 is 0 Å². The van der Waals surface area contributed by atoms with E-state index in [2.05, 4.69) is 15.6 Å². The Labute approximate surface area is 132 Å². The molecule has 3 rings (SSSR count). The second-order valence-electron chi connectivity index (χ2n) is 5.84. The van der Waals surface area contributed by atoms with Crippen molar-refractivity contribution in [3.05, 3.63) is 45.1 Å². The monoisotopic (exact) mass is 316 g/mol. The molecule has 2 heterocycles. The molecule has 1 saturated heterocycles. The molecule has 1 atom stereocenters. The average molecular weight is 316 g/mol. The van der Waals surface area contributed by atoms with Gasteiger partial charge in [-0.2, -0.15) is 0 Å². The number of aromatic nitrogens is 2. The minimum absolute atomic E-state index is 0.0842. The van der Waals surface area contributed by atoms with Crippen molar-refractivity contribution in [1.29, 1.82) is 0 Å². The minimum atomic E-state index is -0.485. The van der Waals surface area contributed by atoms with Gasteiger partial charge in [0.2, 0.25) is 5.91 Å². The molecule has 0 saturated carbocycles. The molecule has 1 aromatic heterocycles. The zero-order valence-corrected chi connectivity index (χ0v) is 12.8. The summed E-state index contributed by atoms with van der Waals surface area (Å²) in [5, 5.41) is 6.61. The number of H-pyrrole nitrogens is 1. The summed E-state index contributed by atoms with van der Waals surface area (Å²) < 4.78 is 1.44. The van der Waals surface area contributed by atoms with Crippen LogP contribution in [-0.2, 0) is 11.3 Å². The zero-order chi connectivity index (χ0) is 16.2. The van der Waals surface area contributed by atoms with Crippen molar-refractivity contribution in [2.24, 2.45) is 5.92 Å². The maximum atomic E-state index is 12.0. The van der Waals surface area contributed by atoms with Crippen LogP contribution in [0.4, 0.5) is 0 Å². The summed E-state index contributed by atoms with van der Waals surface area (Å²) in [5.74, 6) is 0.398. The van der Waals surface area contributed by atoms with Crippen LogP contribution in [0.5, 0.6) is 0 Å². The van der Waals surface area contributed by atoms with Gasteiger partial charge in [-0.3, -0.25) is 19.1 Å². The molecule has 2 aromatic rings. The molecule has 0 aliphatic carbocycles. The number of amides is 1. The molecule has 1 fully saturated rings. The summed E-state index contributed by atoms with van der Waals surface area (Å²) in [4.78, 5) is 38.0. The molecule has 122 valence electrons. The fraction of sp³-hybridized carbons (Fsp3) is 0.438. The number of rotatable bonds is 5. The first kappa shape index (κ1) is 15.5. The van der Waals surface area contributed by atoms with E-state index < -0.39 is 11.2 Å². The Balaban J connectivity index is 1.68. The molecular weight excluding hydrogens is 296 g/mol.